The van der Waals surface area contributed by atoms with Gasteiger partial charge in [-0.2, -0.15) is 0 Å². The average molecular weight is 543 g/mol. The number of nitrogens with one attached hydrogen (secondary N) is 1. The minimum absolute atomic E-state index is 0.0190. The molecule has 1 heterocycles. The number of carbonyl (C=O) groups is 3. The summed E-state index contributed by atoms with van der Waals surface area (Å²) < 4.78 is 2.60. The van der Waals surface area contributed by atoms with Crippen LogP contribution in [0.15, 0.2) is 63.4 Å². The lowest BCUT2D eigenvalue weighted by Crippen LogP contribution is -2.36. The van der Waals surface area contributed by atoms with Gasteiger partial charge < -0.3 is 10.4 Å². The minimum Gasteiger partial charge on any atom is -0.481 e. The van der Waals surface area contributed by atoms with Crippen LogP contribution in [0.5, 0.6) is 0 Å². The van der Waals surface area contributed by atoms with Crippen molar-refractivity contribution in [2.75, 3.05) is 11.1 Å². The van der Waals surface area contributed by atoms with Gasteiger partial charge in [0.15, 0.2) is 10.1 Å². The number of amides is 1. The van der Waals surface area contributed by atoms with Crippen molar-refractivity contribution < 1.29 is 19.5 Å². The lowest BCUT2D eigenvalue weighted by atomic mass is 9.82. The summed E-state index contributed by atoms with van der Waals surface area (Å²) in [5.74, 6) is -2.14. The molecule has 0 unspecified atom stereocenters. The average Bonchev–Trinajstić information content (AvgIpc) is 3.51. The molecule has 2 aliphatic carbocycles. The molecule has 6 nitrogen and oxygen atoms in total. The van der Waals surface area contributed by atoms with Crippen molar-refractivity contribution in [3.63, 3.8) is 0 Å². The highest BCUT2D eigenvalue weighted by molar-refractivity contribution is 9.10. The Hall–Kier alpha value is -2.49. The fourth-order valence-corrected chi connectivity index (χ4v) is 6.90. The fourth-order valence-electron chi connectivity index (χ4n) is 4.63. The molecule has 1 fully saturated rings. The second kappa shape index (κ2) is 9.04. The predicted octanol–water partition coefficient (Wildman–Crippen LogP) is 5.50. The number of allylic oxidation sites excluding steroid dienone is 2. The van der Waals surface area contributed by atoms with Gasteiger partial charge in [-0.3, -0.25) is 14.4 Å². The number of aliphatic carboxylic acids is 1. The molecular formula is C24H19BrN2O4S2. The Morgan fingerprint density at radius 2 is 1.82 bits per heavy atom. The lowest BCUT2D eigenvalue weighted by molar-refractivity contribution is -0.146. The van der Waals surface area contributed by atoms with E-state index in [9.17, 15) is 19.5 Å². The molecule has 168 valence electrons. The molecule has 9 heteroatoms. The molecular weight excluding hydrogens is 524 g/mol. The molecule has 2 aliphatic rings. The van der Waals surface area contributed by atoms with E-state index in [4.69, 9.17) is 0 Å². The SMILES string of the molecule is O=C(CSc1nc2ccc(NC(=O)[C@@H]3[C@@H](C(=O)O)[C@H]4C=C[C@H]3C4)cc2s1)c1ccc(Br)cc1. The molecule has 3 aromatic rings. The molecule has 2 bridgehead atoms. The summed E-state index contributed by atoms with van der Waals surface area (Å²) in [5, 5.41) is 12.5. The van der Waals surface area contributed by atoms with Crippen molar-refractivity contribution in [1.29, 1.82) is 0 Å². The third-order valence-electron chi connectivity index (χ3n) is 6.18. The first-order valence-electron chi connectivity index (χ1n) is 10.4. The number of fused-ring (bicyclic) bond motifs is 3. The van der Waals surface area contributed by atoms with Gasteiger partial charge >= 0.3 is 5.97 Å². The van der Waals surface area contributed by atoms with Crippen LogP contribution in [0.2, 0.25) is 0 Å². The molecule has 1 saturated carbocycles. The van der Waals surface area contributed by atoms with Gasteiger partial charge in [-0.15, -0.1) is 11.3 Å². The standard InChI is InChI=1S/C24H19BrN2O4S2/c25-15-5-3-12(4-6-15)18(28)11-32-24-27-17-8-7-16(10-19(17)33-24)26-22(29)20-13-1-2-14(9-13)21(20)23(30)31/h1-8,10,13-14,20-21H,9,11H2,(H,26,29)(H,30,31)/t13-,14-,20-,21-/m0/s1. The molecule has 1 aromatic heterocycles. The number of carboxylic acids is 1. The Labute approximate surface area is 206 Å². The minimum atomic E-state index is -0.913. The van der Waals surface area contributed by atoms with Gasteiger partial charge in [0.05, 0.1) is 27.8 Å². The number of halogens is 1. The topological polar surface area (TPSA) is 96.4 Å². The Balaban J connectivity index is 1.26. The predicted molar refractivity (Wildman–Crippen MR) is 133 cm³/mol. The molecule has 0 aliphatic heterocycles. The van der Waals surface area contributed by atoms with Crippen LogP contribution in [-0.2, 0) is 9.59 Å². The fraction of sp³-hybridized carbons (Fsp3) is 0.250. The number of benzene rings is 2. The monoisotopic (exact) mass is 542 g/mol. The van der Waals surface area contributed by atoms with Crippen molar-refractivity contribution in [2.24, 2.45) is 23.7 Å². The largest absolute Gasteiger partial charge is 0.481 e. The van der Waals surface area contributed by atoms with Gasteiger partial charge in [0, 0.05) is 15.7 Å². The van der Waals surface area contributed by atoms with Gasteiger partial charge in [-0.1, -0.05) is 52.0 Å². The van der Waals surface area contributed by atoms with Gasteiger partial charge in [0.25, 0.3) is 0 Å². The second-order valence-corrected chi connectivity index (χ2v) is 11.4. The van der Waals surface area contributed by atoms with Crippen LogP contribution in [0, 0.1) is 23.7 Å². The number of ketones is 1. The maximum absolute atomic E-state index is 12.9. The zero-order chi connectivity index (χ0) is 23.1. The van der Waals surface area contributed by atoms with Crippen molar-refractivity contribution in [2.45, 2.75) is 10.8 Å². The number of nitrogens with zero attached hydrogens (tertiary/aromatic N) is 1. The first-order valence-corrected chi connectivity index (χ1v) is 13.0. The third-order valence-corrected chi connectivity index (χ3v) is 8.87. The van der Waals surface area contributed by atoms with E-state index in [-0.39, 0.29) is 23.5 Å². The van der Waals surface area contributed by atoms with E-state index in [1.165, 1.54) is 23.1 Å². The molecule has 4 atom stereocenters. The second-order valence-electron chi connectivity index (χ2n) is 8.21. The summed E-state index contributed by atoms with van der Waals surface area (Å²) >= 11 is 6.22. The van der Waals surface area contributed by atoms with Crippen molar-refractivity contribution in [1.82, 2.24) is 4.98 Å². The Bertz CT molecular complexity index is 1290. The van der Waals surface area contributed by atoms with Crippen LogP contribution in [0.1, 0.15) is 16.8 Å². The van der Waals surface area contributed by atoms with Crippen LogP contribution in [0.3, 0.4) is 0 Å². The number of hydrogen-bond donors (Lipinski definition) is 2. The smallest absolute Gasteiger partial charge is 0.307 e. The highest BCUT2D eigenvalue weighted by Gasteiger charge is 2.51. The number of thiazole rings is 1. The van der Waals surface area contributed by atoms with Gasteiger partial charge in [0.2, 0.25) is 5.91 Å². The number of anilines is 1. The molecule has 2 aromatic carbocycles. The van der Waals surface area contributed by atoms with Crippen molar-refractivity contribution in [3.05, 3.63) is 64.7 Å². The first-order chi connectivity index (χ1) is 15.9. The van der Waals surface area contributed by atoms with E-state index >= 15 is 0 Å². The van der Waals surface area contributed by atoms with Gasteiger partial charge in [-0.25, -0.2) is 4.98 Å². The van der Waals surface area contributed by atoms with E-state index in [2.05, 4.69) is 26.2 Å². The molecule has 0 radical (unpaired) electrons. The van der Waals surface area contributed by atoms with Crippen LogP contribution < -0.4 is 5.32 Å². The summed E-state index contributed by atoms with van der Waals surface area (Å²) in [6.45, 7) is 0. The Morgan fingerprint density at radius 3 is 2.55 bits per heavy atom. The molecule has 1 amide bonds. The first kappa shape index (κ1) is 22.3. The normalized spacial score (nSPS) is 23.2. The Morgan fingerprint density at radius 1 is 1.09 bits per heavy atom. The number of carboxylic acid groups (broad SMARTS) is 1. The third kappa shape index (κ3) is 4.49. The zero-order valence-electron chi connectivity index (χ0n) is 17.2. The van der Waals surface area contributed by atoms with Crippen LogP contribution in [0.4, 0.5) is 5.69 Å². The molecule has 0 spiro atoms. The summed E-state index contributed by atoms with van der Waals surface area (Å²) in [5.41, 5.74) is 2.07. The quantitative estimate of drug-likeness (QED) is 0.232. The van der Waals surface area contributed by atoms with Gasteiger partial charge in [0.1, 0.15) is 0 Å². The zero-order valence-corrected chi connectivity index (χ0v) is 20.5. The molecule has 0 saturated heterocycles. The molecule has 5 rings (SSSR count). The summed E-state index contributed by atoms with van der Waals surface area (Å²) in [6.07, 6.45) is 4.62. The lowest BCUT2D eigenvalue weighted by Gasteiger charge is -2.23. The van der Waals surface area contributed by atoms with E-state index < -0.39 is 17.8 Å². The van der Waals surface area contributed by atoms with E-state index in [0.29, 0.717) is 17.0 Å². The number of carbonyl (C=O) groups excluding carboxylic acids is 2. The van der Waals surface area contributed by atoms with Crippen LogP contribution >= 0.6 is 39.0 Å². The Kier molecular flexibility index (Phi) is 6.11. The number of Topliss-reactive ketones (excluding diaryl/α,β-unsaturated/α-hetero) is 1. The summed E-state index contributed by atoms with van der Waals surface area (Å²) in [6, 6.07) is 12.7. The number of thioether (sulfide) groups is 1. The maximum atomic E-state index is 12.9. The molecule has 33 heavy (non-hydrogen) atoms. The number of rotatable bonds is 7. The maximum Gasteiger partial charge on any atom is 0.307 e. The highest BCUT2D eigenvalue weighted by Crippen LogP contribution is 2.48. The van der Waals surface area contributed by atoms with Crippen molar-refractivity contribution in [3.8, 4) is 0 Å². The van der Waals surface area contributed by atoms with Crippen LogP contribution in [0.25, 0.3) is 10.2 Å². The summed E-state index contributed by atoms with van der Waals surface area (Å²) in [4.78, 5) is 41.6. The molecule has 2 N–H and O–H groups in total. The van der Waals surface area contributed by atoms with E-state index in [0.717, 1.165) is 25.4 Å². The van der Waals surface area contributed by atoms with Crippen molar-refractivity contribution >= 4 is 72.6 Å². The van der Waals surface area contributed by atoms with E-state index in [1.54, 1.807) is 18.2 Å². The summed E-state index contributed by atoms with van der Waals surface area (Å²) in [7, 11) is 0. The van der Waals surface area contributed by atoms with E-state index in [1.807, 2.05) is 36.4 Å². The van der Waals surface area contributed by atoms with Gasteiger partial charge in [-0.05, 0) is 48.6 Å². The number of aromatic nitrogens is 1. The highest BCUT2D eigenvalue weighted by atomic mass is 79.9. The van der Waals surface area contributed by atoms with Crippen LogP contribution in [-0.4, -0.2) is 33.5 Å². The number of hydrogen-bond acceptors (Lipinski definition) is 6.